The van der Waals surface area contributed by atoms with E-state index < -0.39 is 0 Å². The molecule has 0 aliphatic rings. The highest BCUT2D eigenvalue weighted by Crippen LogP contribution is 2.21. The van der Waals surface area contributed by atoms with Crippen molar-refractivity contribution in [2.45, 2.75) is 19.4 Å². The van der Waals surface area contributed by atoms with Gasteiger partial charge >= 0.3 is 0 Å². The average Bonchev–Trinajstić information content (AvgIpc) is 2.44. The number of hydrogen-bond donors (Lipinski definition) is 1. The fourth-order valence-electron chi connectivity index (χ4n) is 1.95. The molecule has 6 heteroatoms. The maximum absolute atomic E-state index is 12.3. The molecule has 1 amide bonds. The average molecular weight is 344 g/mol. The first-order valence-corrected chi connectivity index (χ1v) is 7.52. The Morgan fingerprint density at radius 3 is 2.24 bits per heavy atom. The standard InChI is InChI=1S/C15H13Cl3N2O/c1-2-12(9-3-5-11(16)6-4-9)19-15(21)10-7-13(17)20-14(18)8-10/h3-8,12H,2H2,1H3,(H,19,21). The van der Waals surface area contributed by atoms with Crippen molar-refractivity contribution in [3.63, 3.8) is 0 Å². The molecular formula is C15H13Cl3N2O. The van der Waals surface area contributed by atoms with Crippen LogP contribution >= 0.6 is 34.8 Å². The third kappa shape index (κ3) is 4.34. The van der Waals surface area contributed by atoms with Gasteiger partial charge < -0.3 is 5.32 Å². The summed E-state index contributed by atoms with van der Waals surface area (Å²) in [7, 11) is 0. The lowest BCUT2D eigenvalue weighted by molar-refractivity contribution is 0.0935. The van der Waals surface area contributed by atoms with Crippen molar-refractivity contribution >= 4 is 40.7 Å². The number of carbonyl (C=O) groups is 1. The molecule has 0 aliphatic heterocycles. The molecule has 1 heterocycles. The van der Waals surface area contributed by atoms with Crippen LogP contribution in [0.5, 0.6) is 0 Å². The molecule has 2 aromatic rings. The number of hydrogen-bond acceptors (Lipinski definition) is 2. The molecule has 1 atom stereocenters. The molecule has 0 radical (unpaired) electrons. The quantitative estimate of drug-likeness (QED) is 0.800. The van der Waals surface area contributed by atoms with Crippen molar-refractivity contribution in [2.24, 2.45) is 0 Å². The van der Waals surface area contributed by atoms with Gasteiger partial charge in [0.05, 0.1) is 6.04 Å². The lowest BCUT2D eigenvalue weighted by Gasteiger charge is -2.17. The van der Waals surface area contributed by atoms with Gasteiger partial charge in [-0.15, -0.1) is 0 Å². The Morgan fingerprint density at radius 1 is 1.14 bits per heavy atom. The molecule has 110 valence electrons. The van der Waals surface area contributed by atoms with Gasteiger partial charge in [-0.05, 0) is 36.2 Å². The molecule has 0 aliphatic carbocycles. The first kappa shape index (κ1) is 16.1. The number of nitrogens with one attached hydrogen (secondary N) is 1. The molecular weight excluding hydrogens is 331 g/mol. The third-order valence-corrected chi connectivity index (χ3v) is 3.65. The second-order valence-electron chi connectivity index (χ2n) is 4.49. The highest BCUT2D eigenvalue weighted by Gasteiger charge is 2.15. The largest absolute Gasteiger partial charge is 0.345 e. The van der Waals surface area contributed by atoms with Crippen molar-refractivity contribution in [3.8, 4) is 0 Å². The summed E-state index contributed by atoms with van der Waals surface area (Å²) in [6.07, 6.45) is 0.750. The Labute approximate surface area is 138 Å². The summed E-state index contributed by atoms with van der Waals surface area (Å²) in [4.78, 5) is 16.1. The molecule has 1 aromatic carbocycles. The Hall–Kier alpha value is -1.29. The van der Waals surface area contributed by atoms with Gasteiger partial charge in [0.2, 0.25) is 0 Å². The fourth-order valence-corrected chi connectivity index (χ4v) is 2.54. The normalized spacial score (nSPS) is 12.0. The lowest BCUT2D eigenvalue weighted by Crippen LogP contribution is -2.28. The van der Waals surface area contributed by atoms with Crippen LogP contribution in [0.3, 0.4) is 0 Å². The van der Waals surface area contributed by atoms with Crippen LogP contribution < -0.4 is 5.32 Å². The summed E-state index contributed by atoms with van der Waals surface area (Å²) in [6, 6.07) is 10.2. The van der Waals surface area contributed by atoms with Crippen LogP contribution in [0.2, 0.25) is 15.3 Å². The van der Waals surface area contributed by atoms with Gasteiger partial charge in [-0.1, -0.05) is 53.9 Å². The van der Waals surface area contributed by atoms with E-state index in [0.717, 1.165) is 12.0 Å². The minimum Gasteiger partial charge on any atom is -0.345 e. The number of carbonyl (C=O) groups excluding carboxylic acids is 1. The number of amides is 1. The molecule has 2 rings (SSSR count). The van der Waals surface area contributed by atoms with Gasteiger partial charge in [0.15, 0.2) is 0 Å². The zero-order chi connectivity index (χ0) is 15.4. The van der Waals surface area contributed by atoms with E-state index in [9.17, 15) is 4.79 Å². The zero-order valence-corrected chi connectivity index (χ0v) is 13.5. The lowest BCUT2D eigenvalue weighted by atomic mass is 10.0. The summed E-state index contributed by atoms with van der Waals surface area (Å²) in [6.45, 7) is 1.99. The molecule has 0 saturated heterocycles. The molecule has 0 saturated carbocycles. The van der Waals surface area contributed by atoms with Crippen LogP contribution in [-0.4, -0.2) is 10.9 Å². The van der Waals surface area contributed by atoms with Crippen LogP contribution in [-0.2, 0) is 0 Å². The van der Waals surface area contributed by atoms with Crippen LogP contribution in [0.4, 0.5) is 0 Å². The molecule has 0 bridgehead atoms. The minimum atomic E-state index is -0.247. The van der Waals surface area contributed by atoms with Crippen LogP contribution in [0.1, 0.15) is 35.3 Å². The van der Waals surface area contributed by atoms with Gasteiger partial charge in [0, 0.05) is 10.6 Å². The van der Waals surface area contributed by atoms with Gasteiger partial charge in [0.1, 0.15) is 10.3 Å². The SMILES string of the molecule is CCC(NC(=O)c1cc(Cl)nc(Cl)c1)c1ccc(Cl)cc1. The monoisotopic (exact) mass is 342 g/mol. The van der Waals surface area contributed by atoms with Crippen molar-refractivity contribution in [1.29, 1.82) is 0 Å². The number of benzene rings is 1. The maximum Gasteiger partial charge on any atom is 0.251 e. The number of rotatable bonds is 4. The van der Waals surface area contributed by atoms with Crippen molar-refractivity contribution < 1.29 is 4.79 Å². The summed E-state index contributed by atoms with van der Waals surface area (Å²) < 4.78 is 0. The predicted molar refractivity (Wildman–Crippen MR) is 86.2 cm³/mol. The van der Waals surface area contributed by atoms with E-state index in [1.807, 2.05) is 19.1 Å². The number of aromatic nitrogens is 1. The number of nitrogens with zero attached hydrogens (tertiary/aromatic N) is 1. The summed E-state index contributed by atoms with van der Waals surface area (Å²) in [5.74, 6) is -0.247. The van der Waals surface area contributed by atoms with Crippen molar-refractivity contribution in [2.75, 3.05) is 0 Å². The Balaban J connectivity index is 2.18. The first-order valence-electron chi connectivity index (χ1n) is 6.39. The second-order valence-corrected chi connectivity index (χ2v) is 5.70. The highest BCUT2D eigenvalue weighted by molar-refractivity contribution is 6.33. The zero-order valence-electron chi connectivity index (χ0n) is 11.2. The molecule has 3 nitrogen and oxygen atoms in total. The van der Waals surface area contributed by atoms with E-state index in [1.165, 1.54) is 12.1 Å². The Morgan fingerprint density at radius 2 is 1.71 bits per heavy atom. The minimum absolute atomic E-state index is 0.111. The van der Waals surface area contributed by atoms with Gasteiger partial charge in [0.25, 0.3) is 5.91 Å². The van der Waals surface area contributed by atoms with Gasteiger partial charge in [-0.3, -0.25) is 4.79 Å². The van der Waals surface area contributed by atoms with E-state index in [4.69, 9.17) is 34.8 Å². The number of halogens is 3. The van der Waals surface area contributed by atoms with E-state index >= 15 is 0 Å². The third-order valence-electron chi connectivity index (χ3n) is 3.01. The molecule has 0 fully saturated rings. The summed E-state index contributed by atoms with van der Waals surface area (Å²) in [5, 5.41) is 3.98. The first-order chi connectivity index (χ1) is 9.99. The molecule has 1 N–H and O–H groups in total. The molecule has 21 heavy (non-hydrogen) atoms. The molecule has 1 aromatic heterocycles. The van der Waals surface area contributed by atoms with Crippen LogP contribution in [0, 0.1) is 0 Å². The van der Waals surface area contributed by atoms with E-state index in [0.29, 0.717) is 10.6 Å². The Kier molecular flexibility index (Phi) is 5.45. The van der Waals surface area contributed by atoms with E-state index in [-0.39, 0.29) is 22.3 Å². The van der Waals surface area contributed by atoms with Crippen molar-refractivity contribution in [3.05, 3.63) is 62.9 Å². The maximum atomic E-state index is 12.3. The molecule has 0 spiro atoms. The van der Waals surface area contributed by atoms with E-state index in [1.54, 1.807) is 12.1 Å². The second kappa shape index (κ2) is 7.12. The summed E-state index contributed by atoms with van der Waals surface area (Å²) in [5.41, 5.74) is 1.37. The topological polar surface area (TPSA) is 42.0 Å². The van der Waals surface area contributed by atoms with Crippen LogP contribution in [0.25, 0.3) is 0 Å². The smallest absolute Gasteiger partial charge is 0.251 e. The van der Waals surface area contributed by atoms with Crippen LogP contribution in [0.15, 0.2) is 36.4 Å². The Bertz CT molecular complexity index is 624. The van der Waals surface area contributed by atoms with Gasteiger partial charge in [-0.2, -0.15) is 0 Å². The predicted octanol–water partition coefficient (Wildman–Crippen LogP) is 4.92. The molecule has 1 unspecified atom stereocenters. The number of pyridine rings is 1. The van der Waals surface area contributed by atoms with Crippen molar-refractivity contribution in [1.82, 2.24) is 10.3 Å². The van der Waals surface area contributed by atoms with Gasteiger partial charge in [-0.25, -0.2) is 4.98 Å². The summed E-state index contributed by atoms with van der Waals surface area (Å²) >= 11 is 17.5. The fraction of sp³-hybridized carbons (Fsp3) is 0.200. The van der Waals surface area contributed by atoms with E-state index in [2.05, 4.69) is 10.3 Å². The highest BCUT2D eigenvalue weighted by atomic mass is 35.5.